The topological polar surface area (TPSA) is 50.4 Å². The molecule has 1 aliphatic heterocycles. The summed E-state index contributed by atoms with van der Waals surface area (Å²) in [6, 6.07) is 1.13. The summed E-state index contributed by atoms with van der Waals surface area (Å²) in [6.07, 6.45) is 10.9. The maximum atomic E-state index is 6.05. The minimum atomic E-state index is 0.513. The van der Waals surface area contributed by atoms with Gasteiger partial charge in [-0.1, -0.05) is 39.5 Å². The van der Waals surface area contributed by atoms with Crippen molar-refractivity contribution in [1.82, 2.24) is 5.32 Å². The van der Waals surface area contributed by atoms with Crippen LogP contribution in [0.15, 0.2) is 4.99 Å². The van der Waals surface area contributed by atoms with Gasteiger partial charge in [0.1, 0.15) is 0 Å². The Hall–Kier alpha value is -0.730. The van der Waals surface area contributed by atoms with Crippen LogP contribution in [-0.2, 0) is 0 Å². The molecule has 3 heteroatoms. The van der Waals surface area contributed by atoms with Gasteiger partial charge in [0, 0.05) is 12.0 Å². The van der Waals surface area contributed by atoms with Gasteiger partial charge in [0.2, 0.25) is 0 Å². The van der Waals surface area contributed by atoms with Crippen molar-refractivity contribution >= 4 is 5.96 Å². The third-order valence-electron chi connectivity index (χ3n) is 6.11. The van der Waals surface area contributed by atoms with E-state index in [1.807, 2.05) is 0 Å². The van der Waals surface area contributed by atoms with Crippen LogP contribution in [0.5, 0.6) is 0 Å². The molecule has 2 saturated carbocycles. The van der Waals surface area contributed by atoms with E-state index in [9.17, 15) is 0 Å². The van der Waals surface area contributed by atoms with Crippen LogP contribution in [0.2, 0.25) is 0 Å². The lowest BCUT2D eigenvalue weighted by Gasteiger charge is -2.46. The highest BCUT2D eigenvalue weighted by molar-refractivity contribution is 5.79. The third kappa shape index (κ3) is 2.56. The zero-order valence-corrected chi connectivity index (χ0v) is 13.1. The van der Waals surface area contributed by atoms with Crippen molar-refractivity contribution in [2.45, 2.75) is 77.3 Å². The highest BCUT2D eigenvalue weighted by Crippen LogP contribution is 2.50. The van der Waals surface area contributed by atoms with E-state index >= 15 is 0 Å². The van der Waals surface area contributed by atoms with Crippen LogP contribution in [-0.4, -0.2) is 18.0 Å². The van der Waals surface area contributed by atoms with Crippen molar-refractivity contribution in [3.8, 4) is 0 Å². The number of nitrogens with zero attached hydrogens (tertiary/aromatic N) is 1. The Bertz CT molecular complexity index is 365. The molecule has 2 aliphatic carbocycles. The van der Waals surface area contributed by atoms with Crippen LogP contribution in [0, 0.1) is 23.7 Å². The molecule has 114 valence electrons. The number of unbranched alkanes of at least 4 members (excludes halogenated alkanes) is 3. The van der Waals surface area contributed by atoms with Crippen LogP contribution in [0.3, 0.4) is 0 Å². The Morgan fingerprint density at radius 3 is 2.90 bits per heavy atom. The summed E-state index contributed by atoms with van der Waals surface area (Å²) in [5, 5.41) is 3.45. The van der Waals surface area contributed by atoms with Gasteiger partial charge in [0.25, 0.3) is 0 Å². The number of nitrogens with two attached hydrogens (primary N) is 1. The van der Waals surface area contributed by atoms with Gasteiger partial charge >= 0.3 is 0 Å². The first-order valence-corrected chi connectivity index (χ1v) is 8.80. The van der Waals surface area contributed by atoms with Crippen molar-refractivity contribution in [1.29, 1.82) is 0 Å². The lowest BCUT2D eigenvalue weighted by atomic mass is 9.64. The second kappa shape index (κ2) is 5.95. The lowest BCUT2D eigenvalue weighted by molar-refractivity contribution is 0.0896. The summed E-state index contributed by atoms with van der Waals surface area (Å²) in [6.45, 7) is 4.75. The average Bonchev–Trinajstić information content (AvgIpc) is 2.80. The van der Waals surface area contributed by atoms with Gasteiger partial charge in [-0.25, -0.2) is 4.99 Å². The number of aliphatic imine (C=N–C) groups is 1. The summed E-state index contributed by atoms with van der Waals surface area (Å²) in [5.74, 6) is 3.99. The lowest BCUT2D eigenvalue weighted by Crippen LogP contribution is -2.55. The number of guanidine groups is 1. The molecule has 20 heavy (non-hydrogen) atoms. The van der Waals surface area contributed by atoms with Crippen LogP contribution in [0.1, 0.15) is 65.2 Å². The van der Waals surface area contributed by atoms with Gasteiger partial charge in [-0.3, -0.25) is 0 Å². The fourth-order valence-electron chi connectivity index (χ4n) is 5.17. The van der Waals surface area contributed by atoms with Gasteiger partial charge < -0.3 is 11.1 Å². The largest absolute Gasteiger partial charge is 0.370 e. The Morgan fingerprint density at radius 1 is 1.25 bits per heavy atom. The molecule has 0 aromatic carbocycles. The maximum absolute atomic E-state index is 6.05. The second-order valence-electron chi connectivity index (χ2n) is 7.40. The minimum Gasteiger partial charge on any atom is -0.370 e. The first-order chi connectivity index (χ1) is 9.70. The van der Waals surface area contributed by atoms with E-state index in [0.717, 1.165) is 23.7 Å². The molecule has 3 aliphatic rings. The Kier molecular flexibility index (Phi) is 4.23. The van der Waals surface area contributed by atoms with E-state index in [1.165, 1.54) is 51.4 Å². The quantitative estimate of drug-likeness (QED) is 0.758. The smallest absolute Gasteiger partial charge is 0.189 e. The molecule has 6 unspecified atom stereocenters. The van der Waals surface area contributed by atoms with Crippen LogP contribution in [0.25, 0.3) is 0 Å². The standard InChI is InChI=1S/C17H31N3/c1-3-4-5-6-7-13-11(2)10-12-8-9-14-15(12)16(13)20-17(18)19-14/h11-16H,3-10H2,1-2H3,(H3,18,19,20). The summed E-state index contributed by atoms with van der Waals surface area (Å²) in [5.41, 5.74) is 6.05. The molecule has 0 aromatic rings. The minimum absolute atomic E-state index is 0.513. The zero-order valence-electron chi connectivity index (χ0n) is 13.1. The summed E-state index contributed by atoms with van der Waals surface area (Å²) >= 11 is 0. The van der Waals surface area contributed by atoms with Crippen molar-refractivity contribution in [3.63, 3.8) is 0 Å². The van der Waals surface area contributed by atoms with Gasteiger partial charge in [0.05, 0.1) is 6.04 Å². The second-order valence-corrected chi connectivity index (χ2v) is 7.40. The average molecular weight is 277 g/mol. The number of nitrogens with one attached hydrogen (secondary N) is 1. The van der Waals surface area contributed by atoms with E-state index in [0.29, 0.717) is 18.0 Å². The highest BCUT2D eigenvalue weighted by atomic mass is 15.2. The molecule has 3 nitrogen and oxygen atoms in total. The molecular weight excluding hydrogens is 246 g/mol. The molecule has 0 spiro atoms. The third-order valence-corrected chi connectivity index (χ3v) is 6.11. The molecule has 3 rings (SSSR count). The number of hydrogen-bond acceptors (Lipinski definition) is 3. The SMILES string of the molecule is CCCCCCC1C(C)CC2CCC3NC(N)=NC1C23. The van der Waals surface area contributed by atoms with Gasteiger partial charge in [-0.2, -0.15) is 0 Å². The first-order valence-electron chi connectivity index (χ1n) is 8.80. The van der Waals surface area contributed by atoms with Crippen LogP contribution >= 0.6 is 0 Å². The molecule has 0 aromatic heterocycles. The molecule has 2 fully saturated rings. The summed E-state index contributed by atoms with van der Waals surface area (Å²) in [7, 11) is 0. The predicted octanol–water partition coefficient (Wildman–Crippen LogP) is 3.29. The van der Waals surface area contributed by atoms with Crippen molar-refractivity contribution < 1.29 is 0 Å². The Morgan fingerprint density at radius 2 is 2.10 bits per heavy atom. The summed E-state index contributed by atoms with van der Waals surface area (Å²) < 4.78 is 0. The number of rotatable bonds is 5. The fraction of sp³-hybridized carbons (Fsp3) is 0.941. The predicted molar refractivity (Wildman–Crippen MR) is 84.6 cm³/mol. The molecule has 3 N–H and O–H groups in total. The fourth-order valence-corrected chi connectivity index (χ4v) is 5.17. The molecule has 0 radical (unpaired) electrons. The van der Waals surface area contributed by atoms with Crippen molar-refractivity contribution in [2.24, 2.45) is 34.4 Å². The monoisotopic (exact) mass is 277 g/mol. The van der Waals surface area contributed by atoms with Crippen LogP contribution < -0.4 is 11.1 Å². The molecular formula is C17H31N3. The Balaban J connectivity index is 1.70. The normalized spacial score (nSPS) is 42.8. The molecule has 0 bridgehead atoms. The molecule has 1 heterocycles. The van der Waals surface area contributed by atoms with E-state index in [4.69, 9.17) is 10.7 Å². The van der Waals surface area contributed by atoms with Crippen LogP contribution in [0.4, 0.5) is 0 Å². The van der Waals surface area contributed by atoms with Gasteiger partial charge in [0.15, 0.2) is 5.96 Å². The molecule has 6 atom stereocenters. The van der Waals surface area contributed by atoms with E-state index < -0.39 is 0 Å². The van der Waals surface area contributed by atoms with Crippen molar-refractivity contribution in [3.05, 3.63) is 0 Å². The van der Waals surface area contributed by atoms with E-state index in [-0.39, 0.29) is 0 Å². The van der Waals surface area contributed by atoms with E-state index in [2.05, 4.69) is 19.2 Å². The van der Waals surface area contributed by atoms with Crippen molar-refractivity contribution in [2.75, 3.05) is 0 Å². The zero-order chi connectivity index (χ0) is 14.1. The highest BCUT2D eigenvalue weighted by Gasteiger charge is 2.50. The maximum Gasteiger partial charge on any atom is 0.189 e. The van der Waals surface area contributed by atoms with E-state index in [1.54, 1.807) is 0 Å². The molecule has 0 saturated heterocycles. The summed E-state index contributed by atoms with van der Waals surface area (Å²) in [4.78, 5) is 4.86. The Labute approximate surface area is 123 Å². The van der Waals surface area contributed by atoms with Gasteiger partial charge in [-0.05, 0) is 43.4 Å². The molecule has 0 amide bonds. The number of hydrogen-bond donors (Lipinski definition) is 2. The first kappa shape index (κ1) is 14.2. The van der Waals surface area contributed by atoms with Gasteiger partial charge in [-0.15, -0.1) is 0 Å².